The fraction of sp³-hybridized carbons (Fsp3) is 0.400. The first-order valence-corrected chi connectivity index (χ1v) is 7.48. The van der Waals surface area contributed by atoms with E-state index in [9.17, 15) is 18.5 Å². The van der Waals surface area contributed by atoms with Gasteiger partial charge in [-0.05, 0) is 6.07 Å². The van der Waals surface area contributed by atoms with Crippen molar-refractivity contribution in [2.75, 3.05) is 29.5 Å². The van der Waals surface area contributed by atoms with Crippen molar-refractivity contribution in [1.29, 1.82) is 0 Å². The van der Waals surface area contributed by atoms with E-state index in [-0.39, 0.29) is 22.2 Å². The Morgan fingerprint density at radius 3 is 2.39 bits per heavy atom. The Hall–Kier alpha value is -1.34. The van der Waals surface area contributed by atoms with E-state index < -0.39 is 14.8 Å². The van der Waals surface area contributed by atoms with E-state index in [1.807, 2.05) is 4.90 Å². The van der Waals surface area contributed by atoms with Crippen molar-refractivity contribution >= 4 is 32.8 Å². The van der Waals surface area contributed by atoms with Gasteiger partial charge in [0.1, 0.15) is 0 Å². The molecule has 18 heavy (non-hydrogen) atoms. The summed E-state index contributed by atoms with van der Waals surface area (Å²) in [6, 6.07) is 4.20. The molecule has 6 nitrogen and oxygen atoms in total. The summed E-state index contributed by atoms with van der Waals surface area (Å²) in [5.74, 6) is 0.167. The van der Waals surface area contributed by atoms with Crippen molar-refractivity contribution in [3.63, 3.8) is 0 Å². The zero-order valence-electron chi connectivity index (χ0n) is 9.37. The Morgan fingerprint density at radius 1 is 1.28 bits per heavy atom. The summed E-state index contributed by atoms with van der Waals surface area (Å²) in [4.78, 5) is 11.9. The first-order chi connectivity index (χ1) is 8.39. The summed E-state index contributed by atoms with van der Waals surface area (Å²) in [5, 5.41) is 10.8. The summed E-state index contributed by atoms with van der Waals surface area (Å²) in [5.41, 5.74) is 0.561. The fourth-order valence-electron chi connectivity index (χ4n) is 1.82. The fourth-order valence-corrected chi connectivity index (χ4v) is 3.31. The molecule has 1 aliphatic heterocycles. The molecule has 8 heteroatoms. The van der Waals surface area contributed by atoms with Gasteiger partial charge in [0.25, 0.3) is 5.69 Å². The standard InChI is InChI=1S/C10H11ClN2O4S/c11-9-7-8(13(14)15)1-2-10(9)12-3-5-18(16,17)6-4-12/h1-2,7H,3-6H2. The molecular formula is C10H11ClN2O4S. The van der Waals surface area contributed by atoms with Crippen LogP contribution >= 0.6 is 11.6 Å². The van der Waals surface area contributed by atoms with Crippen LogP contribution < -0.4 is 4.90 Å². The highest BCUT2D eigenvalue weighted by molar-refractivity contribution is 7.91. The molecule has 0 amide bonds. The van der Waals surface area contributed by atoms with Crippen LogP contribution in [0.1, 0.15) is 0 Å². The van der Waals surface area contributed by atoms with Crippen LogP contribution in [0.2, 0.25) is 5.02 Å². The minimum atomic E-state index is -2.95. The maximum absolute atomic E-state index is 11.3. The molecule has 0 atom stereocenters. The number of halogens is 1. The highest BCUT2D eigenvalue weighted by atomic mass is 35.5. The average Bonchev–Trinajstić information content (AvgIpc) is 2.29. The molecule has 0 saturated carbocycles. The molecule has 1 saturated heterocycles. The van der Waals surface area contributed by atoms with Crippen LogP contribution in [-0.4, -0.2) is 37.9 Å². The molecule has 1 heterocycles. The zero-order chi connectivity index (χ0) is 13.3. The molecule has 0 bridgehead atoms. The second-order valence-electron chi connectivity index (χ2n) is 4.03. The number of anilines is 1. The van der Waals surface area contributed by atoms with Gasteiger partial charge in [-0.2, -0.15) is 0 Å². The van der Waals surface area contributed by atoms with Gasteiger partial charge in [0.05, 0.1) is 27.1 Å². The van der Waals surface area contributed by atoms with E-state index in [1.165, 1.54) is 12.1 Å². The van der Waals surface area contributed by atoms with Crippen molar-refractivity contribution in [1.82, 2.24) is 0 Å². The minimum Gasteiger partial charge on any atom is -0.368 e. The number of benzene rings is 1. The van der Waals surface area contributed by atoms with E-state index in [0.29, 0.717) is 18.8 Å². The number of non-ortho nitro benzene ring substituents is 1. The predicted molar refractivity (Wildman–Crippen MR) is 69.0 cm³/mol. The Balaban J connectivity index is 2.22. The third kappa shape index (κ3) is 2.73. The predicted octanol–water partition coefficient (Wildman–Crippen LogP) is 1.48. The van der Waals surface area contributed by atoms with E-state index in [0.717, 1.165) is 0 Å². The van der Waals surface area contributed by atoms with Crippen molar-refractivity contribution < 1.29 is 13.3 Å². The van der Waals surface area contributed by atoms with Crippen molar-refractivity contribution in [3.8, 4) is 0 Å². The highest BCUT2D eigenvalue weighted by Crippen LogP contribution is 2.30. The second-order valence-corrected chi connectivity index (χ2v) is 6.74. The minimum absolute atomic E-state index is 0.0756. The lowest BCUT2D eigenvalue weighted by molar-refractivity contribution is -0.384. The number of hydrogen-bond acceptors (Lipinski definition) is 5. The summed E-state index contributed by atoms with van der Waals surface area (Å²) < 4.78 is 22.6. The van der Waals surface area contributed by atoms with Crippen molar-refractivity contribution in [2.45, 2.75) is 0 Å². The largest absolute Gasteiger partial charge is 0.368 e. The SMILES string of the molecule is O=[N+]([O-])c1ccc(N2CCS(=O)(=O)CC2)c(Cl)c1. The van der Waals surface area contributed by atoms with Crippen LogP contribution in [0.5, 0.6) is 0 Å². The van der Waals surface area contributed by atoms with Gasteiger partial charge in [-0.1, -0.05) is 11.6 Å². The summed E-state index contributed by atoms with van der Waals surface area (Å²) in [6.07, 6.45) is 0. The molecule has 1 aromatic rings. The molecule has 98 valence electrons. The molecule has 1 fully saturated rings. The maximum atomic E-state index is 11.3. The van der Waals surface area contributed by atoms with Crippen LogP contribution in [0.4, 0.5) is 11.4 Å². The molecule has 0 N–H and O–H groups in total. The van der Waals surface area contributed by atoms with Gasteiger partial charge in [0.2, 0.25) is 0 Å². The number of sulfone groups is 1. The molecule has 2 rings (SSSR count). The van der Waals surface area contributed by atoms with Gasteiger partial charge in [0.15, 0.2) is 9.84 Å². The van der Waals surface area contributed by atoms with Gasteiger partial charge in [-0.3, -0.25) is 10.1 Å². The van der Waals surface area contributed by atoms with Gasteiger partial charge in [-0.15, -0.1) is 0 Å². The monoisotopic (exact) mass is 290 g/mol. The highest BCUT2D eigenvalue weighted by Gasteiger charge is 2.23. The summed E-state index contributed by atoms with van der Waals surface area (Å²) >= 11 is 5.98. The van der Waals surface area contributed by atoms with Gasteiger partial charge in [0, 0.05) is 25.2 Å². The Labute approximate surface area is 109 Å². The lowest BCUT2D eigenvalue weighted by Crippen LogP contribution is -2.40. The molecule has 0 unspecified atom stereocenters. The van der Waals surface area contributed by atoms with Gasteiger partial charge in [-0.25, -0.2) is 8.42 Å². The van der Waals surface area contributed by atoms with E-state index in [1.54, 1.807) is 6.07 Å². The number of nitro groups is 1. The van der Waals surface area contributed by atoms with Crippen LogP contribution in [0.25, 0.3) is 0 Å². The second kappa shape index (κ2) is 4.74. The zero-order valence-corrected chi connectivity index (χ0v) is 10.9. The van der Waals surface area contributed by atoms with Crippen LogP contribution in [0, 0.1) is 10.1 Å². The molecular weight excluding hydrogens is 280 g/mol. The normalized spacial score (nSPS) is 18.6. The van der Waals surface area contributed by atoms with Crippen LogP contribution in [0.3, 0.4) is 0 Å². The first-order valence-electron chi connectivity index (χ1n) is 5.28. The maximum Gasteiger partial charge on any atom is 0.271 e. The molecule has 0 radical (unpaired) electrons. The number of rotatable bonds is 2. The number of nitro benzene ring substituents is 1. The average molecular weight is 291 g/mol. The Kier molecular flexibility index (Phi) is 3.45. The van der Waals surface area contributed by atoms with E-state index >= 15 is 0 Å². The lowest BCUT2D eigenvalue weighted by Gasteiger charge is -2.29. The van der Waals surface area contributed by atoms with Gasteiger partial charge < -0.3 is 4.90 Å². The number of hydrogen-bond donors (Lipinski definition) is 0. The van der Waals surface area contributed by atoms with Crippen molar-refractivity contribution in [3.05, 3.63) is 33.3 Å². The quantitative estimate of drug-likeness (QED) is 0.609. The Morgan fingerprint density at radius 2 is 1.89 bits per heavy atom. The Bertz CT molecular complexity index is 574. The summed E-state index contributed by atoms with van der Waals surface area (Å²) in [7, 11) is -2.95. The third-order valence-corrected chi connectivity index (χ3v) is 4.74. The smallest absolute Gasteiger partial charge is 0.271 e. The van der Waals surface area contributed by atoms with E-state index in [2.05, 4.69) is 0 Å². The lowest BCUT2D eigenvalue weighted by atomic mass is 10.2. The van der Waals surface area contributed by atoms with Gasteiger partial charge >= 0.3 is 0 Å². The molecule has 0 spiro atoms. The van der Waals surface area contributed by atoms with E-state index in [4.69, 9.17) is 11.6 Å². The molecule has 0 aliphatic carbocycles. The van der Waals surface area contributed by atoms with Crippen LogP contribution in [-0.2, 0) is 9.84 Å². The first kappa shape index (κ1) is 13.1. The molecule has 1 aliphatic rings. The third-order valence-electron chi connectivity index (χ3n) is 2.83. The van der Waals surface area contributed by atoms with Crippen molar-refractivity contribution in [2.24, 2.45) is 0 Å². The summed E-state index contributed by atoms with van der Waals surface area (Å²) in [6.45, 7) is 0.722. The topological polar surface area (TPSA) is 80.5 Å². The molecule has 1 aromatic carbocycles. The van der Waals surface area contributed by atoms with Crippen LogP contribution in [0.15, 0.2) is 18.2 Å². The number of nitrogens with zero attached hydrogens (tertiary/aromatic N) is 2. The molecule has 0 aromatic heterocycles.